The topological polar surface area (TPSA) is 85.6 Å². The molecule has 0 radical (unpaired) electrons. The van der Waals surface area contributed by atoms with Crippen molar-refractivity contribution < 1.29 is 4.79 Å². The lowest BCUT2D eigenvalue weighted by atomic mass is 10.2. The van der Waals surface area contributed by atoms with E-state index in [2.05, 4.69) is 28.6 Å². The van der Waals surface area contributed by atoms with Crippen LogP contribution < -0.4 is 5.32 Å². The van der Waals surface area contributed by atoms with Gasteiger partial charge in [0.25, 0.3) is 5.91 Å². The zero-order valence-electron chi connectivity index (χ0n) is 11.5. The zero-order chi connectivity index (χ0) is 14.7. The minimum atomic E-state index is -0.139. The Hall–Kier alpha value is -2.35. The first-order valence-corrected chi connectivity index (χ1v) is 7.31. The summed E-state index contributed by atoms with van der Waals surface area (Å²) < 4.78 is 10.1. The molecule has 3 aromatic rings. The van der Waals surface area contributed by atoms with Crippen LogP contribution in [-0.2, 0) is 6.54 Å². The number of hydrogen-bond donors (Lipinski definition) is 1. The molecule has 108 valence electrons. The summed E-state index contributed by atoms with van der Waals surface area (Å²) in [6.07, 6.45) is 6.08. The largest absolute Gasteiger partial charge is 0.352 e. The number of nitrogens with zero attached hydrogens (tertiary/aromatic N) is 5. The molecule has 0 bridgehead atoms. The van der Waals surface area contributed by atoms with Crippen LogP contribution in [0.25, 0.3) is 11.2 Å². The first kappa shape index (κ1) is 13.6. The number of carbonyl (C=O) groups excluding carboxylic acids is 1. The van der Waals surface area contributed by atoms with Crippen LogP contribution in [0.3, 0.4) is 0 Å². The lowest BCUT2D eigenvalue weighted by Crippen LogP contribution is -2.25. The summed E-state index contributed by atoms with van der Waals surface area (Å²) in [5, 5.41) is 2.88. The zero-order valence-corrected chi connectivity index (χ0v) is 12.3. The quantitative estimate of drug-likeness (QED) is 0.720. The van der Waals surface area contributed by atoms with Gasteiger partial charge in [-0.2, -0.15) is 8.75 Å². The summed E-state index contributed by atoms with van der Waals surface area (Å²) in [6, 6.07) is 1.71. The summed E-state index contributed by atoms with van der Waals surface area (Å²) in [5.74, 6) is 0.840. The number of rotatable bonds is 5. The molecule has 0 aliphatic carbocycles. The van der Waals surface area contributed by atoms with Crippen LogP contribution in [0, 0.1) is 6.92 Å². The molecule has 8 heteroatoms. The van der Waals surface area contributed by atoms with Gasteiger partial charge in [0.05, 0.1) is 17.3 Å². The standard InChI is InChI=1S/C13H14N6OS/c1-9-14-4-6-19(9)5-2-3-15-13(20)10-7-11-12(16-8-10)18-21-17-11/h4,6-8H,2-3,5H2,1H3,(H,15,20). The van der Waals surface area contributed by atoms with Crippen LogP contribution in [0.1, 0.15) is 22.6 Å². The SMILES string of the molecule is Cc1nccn1CCCNC(=O)c1cnc2nsnc2c1. The van der Waals surface area contributed by atoms with E-state index in [1.807, 2.05) is 13.1 Å². The number of aryl methyl sites for hydroxylation is 2. The maximum Gasteiger partial charge on any atom is 0.252 e. The van der Waals surface area contributed by atoms with E-state index in [9.17, 15) is 4.79 Å². The van der Waals surface area contributed by atoms with E-state index >= 15 is 0 Å². The highest BCUT2D eigenvalue weighted by atomic mass is 32.1. The van der Waals surface area contributed by atoms with Gasteiger partial charge < -0.3 is 9.88 Å². The van der Waals surface area contributed by atoms with E-state index in [1.54, 1.807) is 12.3 Å². The highest BCUT2D eigenvalue weighted by Gasteiger charge is 2.08. The normalized spacial score (nSPS) is 10.9. The lowest BCUT2D eigenvalue weighted by Gasteiger charge is -2.06. The molecule has 3 rings (SSSR count). The molecule has 0 aliphatic rings. The molecule has 0 saturated heterocycles. The fraction of sp³-hybridized carbons (Fsp3) is 0.308. The molecule has 0 atom stereocenters. The van der Waals surface area contributed by atoms with E-state index in [1.165, 1.54) is 6.20 Å². The monoisotopic (exact) mass is 302 g/mol. The van der Waals surface area contributed by atoms with E-state index in [4.69, 9.17) is 0 Å². The Kier molecular flexibility index (Phi) is 3.87. The van der Waals surface area contributed by atoms with Crippen molar-refractivity contribution in [1.82, 2.24) is 28.6 Å². The molecule has 1 amide bonds. The highest BCUT2D eigenvalue weighted by molar-refractivity contribution is 7.00. The van der Waals surface area contributed by atoms with Crippen molar-refractivity contribution in [3.8, 4) is 0 Å². The lowest BCUT2D eigenvalue weighted by molar-refractivity contribution is 0.0952. The second-order valence-corrected chi connectivity index (χ2v) is 5.14. The molecule has 0 saturated carbocycles. The smallest absolute Gasteiger partial charge is 0.252 e. The number of imidazole rings is 1. The molecule has 0 aliphatic heterocycles. The van der Waals surface area contributed by atoms with Gasteiger partial charge in [-0.1, -0.05) is 0 Å². The summed E-state index contributed by atoms with van der Waals surface area (Å²) in [5.41, 5.74) is 1.74. The van der Waals surface area contributed by atoms with Crippen LogP contribution in [0.4, 0.5) is 0 Å². The fourth-order valence-corrected chi connectivity index (χ4v) is 2.49. The van der Waals surface area contributed by atoms with Gasteiger partial charge in [0.15, 0.2) is 5.65 Å². The van der Waals surface area contributed by atoms with Crippen LogP contribution in [0.5, 0.6) is 0 Å². The van der Waals surface area contributed by atoms with Gasteiger partial charge in [-0.3, -0.25) is 4.79 Å². The van der Waals surface area contributed by atoms with Crippen molar-refractivity contribution in [3.63, 3.8) is 0 Å². The number of hydrogen-bond acceptors (Lipinski definition) is 6. The van der Waals surface area contributed by atoms with Crippen LogP contribution in [0.2, 0.25) is 0 Å². The Morgan fingerprint density at radius 2 is 2.29 bits per heavy atom. The predicted octanol–water partition coefficient (Wildman–Crippen LogP) is 1.41. The highest BCUT2D eigenvalue weighted by Crippen LogP contribution is 2.10. The molecule has 0 unspecified atom stereocenters. The Bertz CT molecular complexity index is 765. The van der Waals surface area contributed by atoms with Crippen LogP contribution in [0.15, 0.2) is 24.7 Å². The van der Waals surface area contributed by atoms with Gasteiger partial charge in [0, 0.05) is 31.7 Å². The average Bonchev–Trinajstić information content (AvgIpc) is 3.11. The van der Waals surface area contributed by atoms with Crippen molar-refractivity contribution in [3.05, 3.63) is 36.0 Å². The predicted molar refractivity (Wildman–Crippen MR) is 79.1 cm³/mol. The summed E-state index contributed by atoms with van der Waals surface area (Å²) in [6.45, 7) is 3.39. The molecule has 3 aromatic heterocycles. The molecular formula is C13H14N6OS. The number of carbonyl (C=O) groups is 1. The van der Waals surface area contributed by atoms with Gasteiger partial charge >= 0.3 is 0 Å². The molecule has 21 heavy (non-hydrogen) atoms. The molecule has 0 spiro atoms. The van der Waals surface area contributed by atoms with Crippen molar-refractivity contribution >= 4 is 28.8 Å². The fourth-order valence-electron chi connectivity index (χ4n) is 2.00. The van der Waals surface area contributed by atoms with Gasteiger partial charge in [0.2, 0.25) is 0 Å². The maximum absolute atomic E-state index is 12.0. The van der Waals surface area contributed by atoms with E-state index in [0.29, 0.717) is 23.3 Å². The number of amides is 1. The summed E-state index contributed by atoms with van der Waals surface area (Å²) in [4.78, 5) is 20.3. The molecular weight excluding hydrogens is 288 g/mol. The van der Waals surface area contributed by atoms with Gasteiger partial charge in [-0.15, -0.1) is 0 Å². The number of pyridine rings is 1. The van der Waals surface area contributed by atoms with Crippen molar-refractivity contribution in [2.45, 2.75) is 19.9 Å². The molecule has 1 N–H and O–H groups in total. The van der Waals surface area contributed by atoms with Crippen molar-refractivity contribution in [1.29, 1.82) is 0 Å². The minimum Gasteiger partial charge on any atom is -0.352 e. The molecule has 0 fully saturated rings. The average molecular weight is 302 g/mol. The Balaban J connectivity index is 1.53. The van der Waals surface area contributed by atoms with Crippen molar-refractivity contribution in [2.75, 3.05) is 6.54 Å². The summed E-state index contributed by atoms with van der Waals surface area (Å²) in [7, 11) is 0. The second kappa shape index (κ2) is 5.96. The first-order valence-electron chi connectivity index (χ1n) is 6.58. The third kappa shape index (κ3) is 3.05. The van der Waals surface area contributed by atoms with Gasteiger partial charge in [-0.25, -0.2) is 9.97 Å². The van der Waals surface area contributed by atoms with E-state index in [-0.39, 0.29) is 5.91 Å². The Morgan fingerprint density at radius 3 is 3.10 bits per heavy atom. The Labute approximate surface area is 125 Å². The number of aromatic nitrogens is 5. The molecule has 0 aromatic carbocycles. The van der Waals surface area contributed by atoms with Gasteiger partial charge in [-0.05, 0) is 19.4 Å². The molecule has 3 heterocycles. The van der Waals surface area contributed by atoms with E-state index in [0.717, 1.165) is 30.5 Å². The summed E-state index contributed by atoms with van der Waals surface area (Å²) >= 11 is 1.09. The second-order valence-electron chi connectivity index (χ2n) is 4.61. The van der Waals surface area contributed by atoms with Crippen LogP contribution >= 0.6 is 11.7 Å². The minimum absolute atomic E-state index is 0.139. The van der Waals surface area contributed by atoms with Crippen molar-refractivity contribution in [2.24, 2.45) is 0 Å². The van der Waals surface area contributed by atoms with E-state index < -0.39 is 0 Å². The molecule has 7 nitrogen and oxygen atoms in total. The number of nitrogens with one attached hydrogen (secondary N) is 1. The third-order valence-electron chi connectivity index (χ3n) is 3.16. The third-order valence-corrected chi connectivity index (χ3v) is 3.69. The Morgan fingerprint density at radius 1 is 1.38 bits per heavy atom. The maximum atomic E-state index is 12.0. The first-order chi connectivity index (χ1) is 10.2. The number of fused-ring (bicyclic) bond motifs is 1. The van der Waals surface area contributed by atoms with Crippen LogP contribution in [-0.4, -0.2) is 35.7 Å². The van der Waals surface area contributed by atoms with Gasteiger partial charge in [0.1, 0.15) is 11.3 Å².